The molecule has 0 radical (unpaired) electrons. The van der Waals surface area contributed by atoms with Gasteiger partial charge < -0.3 is 25.4 Å². The van der Waals surface area contributed by atoms with E-state index >= 15 is 8.78 Å². The van der Waals surface area contributed by atoms with Gasteiger partial charge in [-0.1, -0.05) is 0 Å². The second-order valence-electron chi connectivity index (χ2n) is 9.40. The zero-order valence-electron chi connectivity index (χ0n) is 21.3. The van der Waals surface area contributed by atoms with Crippen molar-refractivity contribution in [3.8, 4) is 0 Å². The minimum absolute atomic E-state index is 0.0786. The van der Waals surface area contributed by atoms with E-state index in [1.807, 2.05) is 5.32 Å². The predicted octanol–water partition coefficient (Wildman–Crippen LogP) is 1.24. The van der Waals surface area contributed by atoms with Gasteiger partial charge in [0, 0.05) is 30.9 Å². The van der Waals surface area contributed by atoms with Gasteiger partial charge in [-0.25, -0.2) is 18.3 Å². The van der Waals surface area contributed by atoms with Crippen LogP contribution in [0, 0.1) is 11.6 Å². The standard InChI is InChI=1S/C25H24F4N6O6/c26-17-8-14(33-11-15(41-25(33)40)10-30-23(38)22(28)29)9-18(27)21(17)32-3-5-34-19-2-1-13(31-20(37)12-36)7-16(19)24(39)35(34)6-4-32/h1-2,7-9,15,22,36H,3-6,10-12H2,(H,30,38)(H,31,37)/t15-/m0/s1. The number of benzene rings is 2. The molecule has 2 aromatic carbocycles. The molecule has 1 fully saturated rings. The van der Waals surface area contributed by atoms with Crippen LogP contribution in [0.1, 0.15) is 0 Å². The topological polar surface area (TPSA) is 138 Å². The van der Waals surface area contributed by atoms with Crippen molar-refractivity contribution in [1.82, 2.24) is 14.7 Å². The molecule has 0 aliphatic carbocycles. The summed E-state index contributed by atoms with van der Waals surface area (Å²) >= 11 is 0. The van der Waals surface area contributed by atoms with Crippen LogP contribution in [0.5, 0.6) is 0 Å². The molecule has 0 saturated carbocycles. The number of hydrogen-bond donors (Lipinski definition) is 3. The summed E-state index contributed by atoms with van der Waals surface area (Å²) in [6, 6.07) is 6.61. The smallest absolute Gasteiger partial charge is 0.414 e. The Morgan fingerprint density at radius 3 is 2.37 bits per heavy atom. The van der Waals surface area contributed by atoms with Gasteiger partial charge in [0.25, 0.3) is 11.5 Å². The van der Waals surface area contributed by atoms with Crippen molar-refractivity contribution in [1.29, 1.82) is 0 Å². The zero-order chi connectivity index (χ0) is 29.4. The van der Waals surface area contributed by atoms with Crippen LogP contribution in [0.2, 0.25) is 0 Å². The summed E-state index contributed by atoms with van der Waals surface area (Å²) in [5, 5.41) is 13.7. The maximum Gasteiger partial charge on any atom is 0.414 e. The Kier molecular flexibility index (Phi) is 7.57. The van der Waals surface area contributed by atoms with Crippen LogP contribution in [-0.4, -0.2) is 77.7 Å². The first kappa shape index (κ1) is 27.9. The number of carbonyl (C=O) groups is 3. The molecular formula is C25H24F4N6O6. The molecule has 2 aliphatic rings. The lowest BCUT2D eigenvalue weighted by Crippen LogP contribution is -2.37. The van der Waals surface area contributed by atoms with Crippen LogP contribution < -0.4 is 26.0 Å². The maximum atomic E-state index is 15.3. The summed E-state index contributed by atoms with van der Waals surface area (Å²) < 4.78 is 63.5. The zero-order valence-corrected chi connectivity index (χ0v) is 21.3. The summed E-state index contributed by atoms with van der Waals surface area (Å²) in [4.78, 5) is 50.3. The number of aliphatic hydroxyl groups is 1. The lowest BCUT2D eigenvalue weighted by Gasteiger charge is -2.24. The fourth-order valence-electron chi connectivity index (χ4n) is 4.96. The summed E-state index contributed by atoms with van der Waals surface area (Å²) in [5.74, 6) is -4.09. The number of ether oxygens (including phenoxy) is 1. The highest BCUT2D eigenvalue weighted by Gasteiger charge is 2.34. The number of hydrogen-bond acceptors (Lipinski definition) is 7. The Morgan fingerprint density at radius 1 is 1.02 bits per heavy atom. The van der Waals surface area contributed by atoms with Crippen LogP contribution in [0.25, 0.3) is 10.9 Å². The van der Waals surface area contributed by atoms with Crippen molar-refractivity contribution in [2.45, 2.75) is 25.6 Å². The van der Waals surface area contributed by atoms with Crippen LogP contribution in [0.4, 0.5) is 39.4 Å². The molecule has 3 heterocycles. The number of amides is 3. The Bertz CT molecular complexity index is 1570. The van der Waals surface area contributed by atoms with Gasteiger partial charge in [0.1, 0.15) is 18.4 Å². The highest BCUT2D eigenvalue weighted by atomic mass is 19.3. The number of carbonyl (C=O) groups excluding carboxylic acids is 3. The van der Waals surface area contributed by atoms with Gasteiger partial charge in [0.15, 0.2) is 11.6 Å². The number of aromatic nitrogens is 2. The van der Waals surface area contributed by atoms with Gasteiger partial charge in [-0.2, -0.15) is 8.78 Å². The Balaban J connectivity index is 1.32. The lowest BCUT2D eigenvalue weighted by molar-refractivity contribution is -0.132. The fraction of sp³-hybridized carbons (Fsp3) is 0.360. The molecule has 3 aromatic rings. The van der Waals surface area contributed by atoms with E-state index in [1.165, 1.54) is 15.6 Å². The number of rotatable bonds is 7. The van der Waals surface area contributed by atoms with Crippen molar-refractivity contribution in [3.63, 3.8) is 0 Å². The second kappa shape index (κ2) is 11.1. The van der Waals surface area contributed by atoms with Crippen molar-refractivity contribution < 1.29 is 41.8 Å². The number of cyclic esters (lactones) is 1. The SMILES string of the molecule is O=C(CO)Nc1ccc2c(c1)c(=O)n1n2CCN(c2c(F)cc(N3C[C@H](CNC(=O)C(F)F)OC3=O)cc2F)CC1. The van der Waals surface area contributed by atoms with Crippen LogP contribution in [-0.2, 0) is 27.4 Å². The Morgan fingerprint density at radius 2 is 1.71 bits per heavy atom. The quantitative estimate of drug-likeness (QED) is 0.358. The summed E-state index contributed by atoms with van der Waals surface area (Å²) in [7, 11) is 0. The average molecular weight is 580 g/mol. The van der Waals surface area contributed by atoms with Crippen LogP contribution >= 0.6 is 0 Å². The van der Waals surface area contributed by atoms with E-state index in [0.29, 0.717) is 16.6 Å². The molecule has 41 heavy (non-hydrogen) atoms. The van der Waals surface area contributed by atoms with Crippen molar-refractivity contribution in [2.24, 2.45) is 0 Å². The number of halogens is 4. The van der Waals surface area contributed by atoms with Gasteiger partial charge in [0.05, 0.1) is 42.8 Å². The van der Waals surface area contributed by atoms with Gasteiger partial charge >= 0.3 is 12.5 Å². The molecule has 1 aromatic heterocycles. The third-order valence-corrected chi connectivity index (χ3v) is 6.83. The fourth-order valence-corrected chi connectivity index (χ4v) is 4.96. The minimum atomic E-state index is -3.24. The number of anilines is 3. The average Bonchev–Trinajstić information content (AvgIpc) is 3.33. The van der Waals surface area contributed by atoms with Crippen molar-refractivity contribution in [2.75, 3.05) is 47.9 Å². The van der Waals surface area contributed by atoms with Crippen LogP contribution in [0.15, 0.2) is 35.1 Å². The molecule has 2 aliphatic heterocycles. The van der Waals surface area contributed by atoms with Gasteiger partial charge in [-0.3, -0.25) is 24.0 Å². The number of nitrogens with zero attached hydrogens (tertiary/aromatic N) is 4. The van der Waals surface area contributed by atoms with E-state index in [9.17, 15) is 28.0 Å². The molecule has 0 unspecified atom stereocenters. The normalized spacial score (nSPS) is 17.0. The minimum Gasteiger partial charge on any atom is -0.442 e. The molecule has 12 nitrogen and oxygen atoms in total. The first-order chi connectivity index (χ1) is 19.6. The van der Waals surface area contributed by atoms with Crippen molar-refractivity contribution in [3.05, 3.63) is 52.3 Å². The van der Waals surface area contributed by atoms with Crippen LogP contribution in [0.3, 0.4) is 0 Å². The van der Waals surface area contributed by atoms with E-state index < -0.39 is 55.2 Å². The summed E-state index contributed by atoms with van der Waals surface area (Å²) in [6.07, 6.45) is -5.18. The van der Waals surface area contributed by atoms with E-state index in [-0.39, 0.29) is 49.7 Å². The monoisotopic (exact) mass is 580 g/mol. The Labute approximate surface area is 228 Å². The molecule has 5 rings (SSSR count). The molecule has 1 atom stereocenters. The highest BCUT2D eigenvalue weighted by Crippen LogP contribution is 2.32. The molecule has 218 valence electrons. The maximum absolute atomic E-state index is 15.3. The molecule has 0 bridgehead atoms. The number of fused-ring (bicyclic) bond motifs is 3. The predicted molar refractivity (Wildman–Crippen MR) is 137 cm³/mol. The largest absolute Gasteiger partial charge is 0.442 e. The molecule has 16 heteroatoms. The van der Waals surface area contributed by atoms with Gasteiger partial charge in [-0.15, -0.1) is 0 Å². The van der Waals surface area contributed by atoms with Gasteiger partial charge in [0.2, 0.25) is 5.91 Å². The highest BCUT2D eigenvalue weighted by molar-refractivity contribution is 5.94. The van der Waals surface area contributed by atoms with E-state index in [0.717, 1.165) is 17.0 Å². The number of alkyl halides is 2. The first-order valence-electron chi connectivity index (χ1n) is 12.5. The molecule has 1 saturated heterocycles. The van der Waals surface area contributed by atoms with E-state index in [1.54, 1.807) is 16.8 Å². The van der Waals surface area contributed by atoms with E-state index in [2.05, 4.69) is 5.32 Å². The third-order valence-electron chi connectivity index (χ3n) is 6.83. The molecular weight excluding hydrogens is 556 g/mol. The summed E-state index contributed by atoms with van der Waals surface area (Å²) in [6.45, 7) is -0.814. The number of aliphatic hydroxyl groups excluding tert-OH is 1. The first-order valence-corrected chi connectivity index (χ1v) is 12.5. The molecule has 3 amide bonds. The van der Waals surface area contributed by atoms with Gasteiger partial charge in [-0.05, 0) is 18.2 Å². The molecule has 0 spiro atoms. The molecule has 3 N–H and O–H groups in total. The summed E-state index contributed by atoms with van der Waals surface area (Å²) in [5.41, 5.74) is 0.0436. The second-order valence-corrected chi connectivity index (χ2v) is 9.40. The van der Waals surface area contributed by atoms with Crippen molar-refractivity contribution >= 4 is 45.9 Å². The Hall–Kier alpha value is -4.60. The number of nitrogens with one attached hydrogen (secondary N) is 2. The third kappa shape index (κ3) is 5.41. The van der Waals surface area contributed by atoms with E-state index in [4.69, 9.17) is 9.84 Å². The lowest BCUT2D eigenvalue weighted by atomic mass is 10.2.